The molecule has 1 atom stereocenters. The number of nitrogens with zero attached hydrogens (tertiary/aromatic N) is 2. The SMILES string of the molecule is CNC(=O)c1cnc2cc(C(F)(F)F)c(-c3ccc(C(=O)NCCCCNC(=O)COc4cccc5c4C(=O)N(C4CCC(=O)NC4=O)C5=O)c(F)c3)cc2c1Nc1ccccc1. The first-order chi connectivity index (χ1) is 30.2. The van der Waals surface area contributed by atoms with Crippen LogP contribution in [0.3, 0.4) is 0 Å². The van der Waals surface area contributed by atoms with Gasteiger partial charge in [-0.25, -0.2) is 4.39 Å². The van der Waals surface area contributed by atoms with Crippen LogP contribution in [0.25, 0.3) is 22.0 Å². The highest BCUT2D eigenvalue weighted by atomic mass is 19.4. The number of alkyl halides is 3. The summed E-state index contributed by atoms with van der Waals surface area (Å²) in [7, 11) is 1.40. The van der Waals surface area contributed by atoms with Gasteiger partial charge in [0.05, 0.1) is 39.0 Å². The number of ether oxygens (including phenoxy) is 1. The number of fused-ring (bicyclic) bond motifs is 2. The summed E-state index contributed by atoms with van der Waals surface area (Å²) in [6.45, 7) is -0.320. The predicted molar refractivity (Wildman–Crippen MR) is 218 cm³/mol. The van der Waals surface area contributed by atoms with E-state index in [0.29, 0.717) is 18.5 Å². The van der Waals surface area contributed by atoms with E-state index in [1.54, 1.807) is 30.3 Å². The maximum Gasteiger partial charge on any atom is 0.417 e. The zero-order valence-corrected chi connectivity index (χ0v) is 33.3. The second-order valence-electron chi connectivity index (χ2n) is 14.5. The van der Waals surface area contributed by atoms with Crippen LogP contribution in [-0.2, 0) is 20.6 Å². The van der Waals surface area contributed by atoms with E-state index in [1.807, 2.05) is 0 Å². The van der Waals surface area contributed by atoms with Crippen molar-refractivity contribution in [1.29, 1.82) is 0 Å². The minimum absolute atomic E-state index is 0.0107. The molecule has 15 nitrogen and oxygen atoms in total. The summed E-state index contributed by atoms with van der Waals surface area (Å²) in [5.74, 6) is -5.85. The highest BCUT2D eigenvalue weighted by molar-refractivity contribution is 6.24. The van der Waals surface area contributed by atoms with Crippen molar-refractivity contribution in [3.05, 3.63) is 119 Å². The number of pyridine rings is 1. The minimum atomic E-state index is -4.88. The molecule has 7 amide bonds. The molecule has 4 aromatic carbocycles. The monoisotopic (exact) mass is 867 g/mol. The lowest BCUT2D eigenvalue weighted by molar-refractivity contribution is -0.137. The number of para-hydroxylation sites is 1. The fourth-order valence-corrected chi connectivity index (χ4v) is 7.26. The first-order valence-corrected chi connectivity index (χ1v) is 19.6. The van der Waals surface area contributed by atoms with Crippen molar-refractivity contribution in [3.63, 3.8) is 0 Å². The molecule has 0 radical (unpaired) electrons. The Morgan fingerprint density at radius 3 is 2.30 bits per heavy atom. The van der Waals surface area contributed by atoms with Crippen LogP contribution in [0.4, 0.5) is 28.9 Å². The Labute approximate surface area is 355 Å². The normalized spacial score (nSPS) is 14.9. The number of aromatic nitrogens is 1. The summed E-state index contributed by atoms with van der Waals surface area (Å²) in [6, 6.07) is 16.8. The highest BCUT2D eigenvalue weighted by Crippen LogP contribution is 2.42. The first kappa shape index (κ1) is 43.4. The van der Waals surface area contributed by atoms with Crippen molar-refractivity contribution in [1.82, 2.24) is 31.2 Å². The molecule has 19 heteroatoms. The molecule has 1 saturated heterocycles. The lowest BCUT2D eigenvalue weighted by atomic mass is 9.94. The van der Waals surface area contributed by atoms with Crippen LogP contribution in [0.15, 0.2) is 85.1 Å². The van der Waals surface area contributed by atoms with Gasteiger partial charge in [0, 0.05) is 43.8 Å². The molecule has 5 aromatic rings. The smallest absolute Gasteiger partial charge is 0.417 e. The number of nitrogens with one attached hydrogen (secondary N) is 5. The van der Waals surface area contributed by atoms with Crippen LogP contribution in [0.2, 0.25) is 0 Å². The molecule has 1 fully saturated rings. The third kappa shape index (κ3) is 9.17. The average molecular weight is 868 g/mol. The van der Waals surface area contributed by atoms with Gasteiger partial charge in [-0.2, -0.15) is 13.2 Å². The number of hydrogen-bond acceptors (Lipinski definition) is 10. The van der Waals surface area contributed by atoms with Gasteiger partial charge in [0.2, 0.25) is 11.8 Å². The average Bonchev–Trinajstić information content (AvgIpc) is 3.52. The number of imide groups is 2. The van der Waals surface area contributed by atoms with Crippen molar-refractivity contribution >= 4 is 63.6 Å². The Balaban J connectivity index is 0.949. The minimum Gasteiger partial charge on any atom is -0.483 e. The molecule has 7 rings (SSSR count). The van der Waals surface area contributed by atoms with Crippen molar-refractivity contribution in [2.45, 2.75) is 37.9 Å². The van der Waals surface area contributed by atoms with Crippen molar-refractivity contribution in [3.8, 4) is 16.9 Å². The Morgan fingerprint density at radius 1 is 0.857 bits per heavy atom. The zero-order chi connectivity index (χ0) is 45.0. The van der Waals surface area contributed by atoms with Gasteiger partial charge in [-0.1, -0.05) is 30.3 Å². The Hall–Kier alpha value is -7.70. The number of halogens is 4. The Bertz CT molecular complexity index is 2690. The van der Waals surface area contributed by atoms with Crippen LogP contribution < -0.4 is 31.3 Å². The van der Waals surface area contributed by atoms with Gasteiger partial charge in [-0.3, -0.25) is 48.8 Å². The van der Waals surface area contributed by atoms with E-state index < -0.39 is 82.7 Å². The third-order valence-electron chi connectivity index (χ3n) is 10.4. The molecular formula is C44H37F4N7O8. The van der Waals surface area contributed by atoms with E-state index in [0.717, 1.165) is 23.1 Å². The molecule has 5 N–H and O–H groups in total. The maximum absolute atomic E-state index is 15.5. The van der Waals surface area contributed by atoms with Gasteiger partial charge < -0.3 is 26.0 Å². The molecule has 3 heterocycles. The molecule has 1 unspecified atom stereocenters. The van der Waals surface area contributed by atoms with Gasteiger partial charge in [0.15, 0.2) is 6.61 Å². The van der Waals surface area contributed by atoms with Crippen molar-refractivity contribution in [2.75, 3.05) is 32.1 Å². The standard InChI is InChI=1S/C44H37F4N7O8/c1-49-39(58)29-21-52-32-20-30(44(46,47)48)27(19-28(32)38(29)53-24-8-3-2-4-9-24)23-12-13-25(31(45)18-23)40(59)51-17-6-5-16-50-36(57)22-63-34-11-7-10-26-37(34)43(62)55(42(26)61)33-14-15-35(56)54-41(33)60/h2-4,7-13,18-21,33H,5-6,14-17,22H2,1H3,(H,49,58)(H,50,57)(H,51,59)(H,52,53)(H,54,56,60). The van der Waals surface area contributed by atoms with Crippen LogP contribution in [0.5, 0.6) is 5.75 Å². The molecule has 2 aliphatic rings. The zero-order valence-electron chi connectivity index (χ0n) is 33.3. The lowest BCUT2D eigenvalue weighted by Crippen LogP contribution is -2.54. The lowest BCUT2D eigenvalue weighted by Gasteiger charge is -2.27. The van der Waals surface area contributed by atoms with Crippen LogP contribution >= 0.6 is 0 Å². The number of unbranched alkanes of at least 4 members (excludes halogenated alkanes) is 1. The summed E-state index contributed by atoms with van der Waals surface area (Å²) >= 11 is 0. The summed E-state index contributed by atoms with van der Waals surface area (Å²) in [5.41, 5.74) is -1.53. The fraction of sp³-hybridized carbons (Fsp3) is 0.227. The number of benzene rings is 4. The molecular weight excluding hydrogens is 831 g/mol. The predicted octanol–water partition coefficient (Wildman–Crippen LogP) is 5.27. The highest BCUT2D eigenvalue weighted by Gasteiger charge is 2.46. The van der Waals surface area contributed by atoms with E-state index in [1.165, 1.54) is 43.6 Å². The van der Waals surface area contributed by atoms with Crippen molar-refractivity contribution in [2.24, 2.45) is 0 Å². The second-order valence-corrected chi connectivity index (χ2v) is 14.5. The third-order valence-corrected chi connectivity index (χ3v) is 10.4. The van der Waals surface area contributed by atoms with E-state index in [4.69, 9.17) is 4.74 Å². The molecule has 0 aliphatic carbocycles. The summed E-state index contributed by atoms with van der Waals surface area (Å²) in [5, 5.41) is 13.1. The molecule has 0 spiro atoms. The maximum atomic E-state index is 15.5. The van der Waals surface area contributed by atoms with Gasteiger partial charge in [-0.05, 0) is 78.9 Å². The fourth-order valence-electron chi connectivity index (χ4n) is 7.26. The van der Waals surface area contributed by atoms with Crippen LogP contribution in [0.1, 0.15) is 72.7 Å². The Morgan fingerprint density at radius 2 is 1.60 bits per heavy atom. The summed E-state index contributed by atoms with van der Waals surface area (Å²) < 4.78 is 64.5. The largest absolute Gasteiger partial charge is 0.483 e. The number of hydrogen-bond donors (Lipinski definition) is 5. The van der Waals surface area contributed by atoms with E-state index in [-0.39, 0.29) is 70.5 Å². The number of piperidine rings is 1. The molecule has 0 saturated carbocycles. The number of rotatable bonds is 14. The van der Waals surface area contributed by atoms with Crippen LogP contribution in [-0.4, -0.2) is 84.0 Å². The number of anilines is 2. The van der Waals surface area contributed by atoms with Gasteiger partial charge in [0.25, 0.3) is 29.5 Å². The summed E-state index contributed by atoms with van der Waals surface area (Å²) in [6.07, 6.45) is -3.09. The Kier molecular flexibility index (Phi) is 12.5. The molecule has 1 aromatic heterocycles. The number of carbonyl (C=O) groups is 7. The van der Waals surface area contributed by atoms with E-state index >= 15 is 4.39 Å². The summed E-state index contributed by atoms with van der Waals surface area (Å²) in [4.78, 5) is 93.4. The second kappa shape index (κ2) is 18.1. The molecule has 324 valence electrons. The molecule has 0 bridgehead atoms. The van der Waals surface area contributed by atoms with Gasteiger partial charge in [0.1, 0.15) is 17.6 Å². The van der Waals surface area contributed by atoms with E-state index in [2.05, 4.69) is 31.6 Å². The quantitative estimate of drug-likeness (QED) is 0.0556. The number of amides is 7. The first-order valence-electron chi connectivity index (χ1n) is 19.6. The molecule has 2 aliphatic heterocycles. The number of carbonyl (C=O) groups excluding carboxylic acids is 7. The topological polar surface area (TPSA) is 205 Å². The van der Waals surface area contributed by atoms with Crippen LogP contribution in [0, 0.1) is 5.82 Å². The van der Waals surface area contributed by atoms with E-state index in [9.17, 15) is 46.7 Å². The van der Waals surface area contributed by atoms with Crippen molar-refractivity contribution < 1.29 is 55.9 Å². The van der Waals surface area contributed by atoms with Gasteiger partial charge >= 0.3 is 6.18 Å². The van der Waals surface area contributed by atoms with Gasteiger partial charge in [-0.15, -0.1) is 0 Å². The molecule has 63 heavy (non-hydrogen) atoms.